The van der Waals surface area contributed by atoms with Crippen LogP contribution in [0, 0.1) is 0 Å². The number of hydrogen-bond acceptors (Lipinski definition) is 2. The number of aromatic hydroxyl groups is 1. The fourth-order valence-corrected chi connectivity index (χ4v) is 1.75. The molecule has 0 fully saturated rings. The molecule has 1 nitrogen and oxygen atoms in total. The van der Waals surface area contributed by atoms with Crippen molar-refractivity contribution in [1.29, 1.82) is 0 Å². The molecule has 0 amide bonds. The molecule has 62 valence electrons. The van der Waals surface area contributed by atoms with Crippen molar-refractivity contribution in [2.75, 3.05) is 0 Å². The molecule has 1 aromatic carbocycles. The van der Waals surface area contributed by atoms with Crippen LogP contribution >= 0.6 is 11.3 Å². The van der Waals surface area contributed by atoms with Gasteiger partial charge in [-0.2, -0.15) is 11.3 Å². The van der Waals surface area contributed by atoms with Crippen molar-refractivity contribution < 1.29 is 5.11 Å². The summed E-state index contributed by atoms with van der Waals surface area (Å²) in [6.07, 6.45) is 0. The molecular formula is C10H9NaOS. The van der Waals surface area contributed by atoms with E-state index >= 15 is 0 Å². The summed E-state index contributed by atoms with van der Waals surface area (Å²) in [6.45, 7) is 0. The molecule has 0 atom stereocenters. The van der Waals surface area contributed by atoms with Crippen molar-refractivity contribution in [3.63, 3.8) is 0 Å². The Balaban J connectivity index is 0.000000845. The van der Waals surface area contributed by atoms with Crippen LogP contribution in [0.5, 0.6) is 5.75 Å². The first kappa shape index (κ1) is 10.8. The van der Waals surface area contributed by atoms with Crippen LogP contribution in [0.2, 0.25) is 0 Å². The third-order valence-electron chi connectivity index (χ3n) is 1.72. The molecule has 0 radical (unpaired) electrons. The van der Waals surface area contributed by atoms with Crippen LogP contribution in [0.3, 0.4) is 0 Å². The fraction of sp³-hybridized carbons (Fsp3) is 0. The molecule has 0 saturated heterocycles. The fourth-order valence-electron chi connectivity index (χ4n) is 1.08. The monoisotopic (exact) mass is 200 g/mol. The van der Waals surface area contributed by atoms with E-state index in [4.69, 9.17) is 5.11 Å². The molecule has 0 aliphatic carbocycles. The van der Waals surface area contributed by atoms with Crippen molar-refractivity contribution in [2.24, 2.45) is 0 Å². The van der Waals surface area contributed by atoms with Gasteiger partial charge in [0.05, 0.1) is 0 Å². The van der Waals surface area contributed by atoms with Gasteiger partial charge in [-0.05, 0) is 40.1 Å². The molecule has 0 bridgehead atoms. The van der Waals surface area contributed by atoms with Crippen LogP contribution in [0.15, 0.2) is 41.1 Å². The van der Waals surface area contributed by atoms with Crippen molar-refractivity contribution in [3.05, 3.63) is 41.1 Å². The second kappa shape index (κ2) is 4.82. The summed E-state index contributed by atoms with van der Waals surface area (Å²) in [5.41, 5.74) is 2.36. The van der Waals surface area contributed by atoms with E-state index in [1.165, 1.54) is 5.56 Å². The van der Waals surface area contributed by atoms with Crippen molar-refractivity contribution in [1.82, 2.24) is 0 Å². The second-order valence-corrected chi connectivity index (χ2v) is 3.34. The van der Waals surface area contributed by atoms with Crippen molar-refractivity contribution >= 4 is 40.9 Å². The van der Waals surface area contributed by atoms with Gasteiger partial charge < -0.3 is 5.11 Å². The van der Waals surface area contributed by atoms with E-state index in [0.29, 0.717) is 5.75 Å². The van der Waals surface area contributed by atoms with Gasteiger partial charge in [-0.15, -0.1) is 0 Å². The van der Waals surface area contributed by atoms with Gasteiger partial charge in [-0.1, -0.05) is 12.1 Å². The van der Waals surface area contributed by atoms with Gasteiger partial charge >= 0.3 is 29.6 Å². The predicted molar refractivity (Wildman–Crippen MR) is 58.6 cm³/mol. The third-order valence-corrected chi connectivity index (χ3v) is 2.41. The zero-order valence-corrected chi connectivity index (χ0v) is 7.21. The van der Waals surface area contributed by atoms with Gasteiger partial charge in [-0.25, -0.2) is 0 Å². The Kier molecular flexibility index (Phi) is 4.00. The van der Waals surface area contributed by atoms with E-state index in [2.05, 4.69) is 11.4 Å². The summed E-state index contributed by atoms with van der Waals surface area (Å²) >= 11 is 1.68. The van der Waals surface area contributed by atoms with Crippen LogP contribution in [0.4, 0.5) is 0 Å². The summed E-state index contributed by atoms with van der Waals surface area (Å²) < 4.78 is 0. The summed E-state index contributed by atoms with van der Waals surface area (Å²) in [4.78, 5) is 0. The Morgan fingerprint density at radius 2 is 1.62 bits per heavy atom. The van der Waals surface area contributed by atoms with Gasteiger partial charge in [0.2, 0.25) is 0 Å². The first-order valence-electron chi connectivity index (χ1n) is 3.68. The van der Waals surface area contributed by atoms with Gasteiger partial charge in [0.25, 0.3) is 0 Å². The molecule has 13 heavy (non-hydrogen) atoms. The molecule has 0 aliphatic heterocycles. The first-order chi connectivity index (χ1) is 5.86. The van der Waals surface area contributed by atoms with E-state index < -0.39 is 0 Å². The number of phenols is 1. The Morgan fingerprint density at radius 3 is 2.15 bits per heavy atom. The van der Waals surface area contributed by atoms with Gasteiger partial charge in [0, 0.05) is 0 Å². The van der Waals surface area contributed by atoms with Gasteiger partial charge in [0.15, 0.2) is 0 Å². The zero-order valence-electron chi connectivity index (χ0n) is 6.40. The molecule has 2 rings (SSSR count). The predicted octanol–water partition coefficient (Wildman–Crippen LogP) is 2.47. The van der Waals surface area contributed by atoms with E-state index in [0.717, 1.165) is 5.56 Å². The number of rotatable bonds is 1. The zero-order chi connectivity index (χ0) is 8.39. The van der Waals surface area contributed by atoms with E-state index in [9.17, 15) is 0 Å². The van der Waals surface area contributed by atoms with Crippen molar-refractivity contribution in [3.8, 4) is 16.9 Å². The van der Waals surface area contributed by atoms with Crippen LogP contribution in [-0.4, -0.2) is 34.7 Å². The summed E-state index contributed by atoms with van der Waals surface area (Å²) in [6, 6.07) is 9.30. The summed E-state index contributed by atoms with van der Waals surface area (Å²) in [7, 11) is 0. The molecule has 3 heteroatoms. The molecule has 0 aliphatic rings. The summed E-state index contributed by atoms with van der Waals surface area (Å²) in [5.74, 6) is 0.314. The van der Waals surface area contributed by atoms with E-state index in [1.54, 1.807) is 23.5 Å². The Morgan fingerprint density at radius 1 is 0.923 bits per heavy atom. The number of benzene rings is 1. The minimum absolute atomic E-state index is 0. The Labute approximate surface area is 103 Å². The van der Waals surface area contributed by atoms with Crippen molar-refractivity contribution in [2.45, 2.75) is 0 Å². The number of thiophene rings is 1. The number of hydrogen-bond donors (Lipinski definition) is 1. The van der Waals surface area contributed by atoms with Gasteiger partial charge in [-0.3, -0.25) is 0 Å². The maximum atomic E-state index is 9.06. The average Bonchev–Trinajstić information content (AvgIpc) is 2.58. The molecule has 0 spiro atoms. The Hall–Kier alpha value is -0.280. The first-order valence-corrected chi connectivity index (χ1v) is 4.62. The van der Waals surface area contributed by atoms with Crippen LogP contribution in [0.1, 0.15) is 0 Å². The molecule has 0 unspecified atom stereocenters. The molecule has 1 heterocycles. The van der Waals surface area contributed by atoms with E-state index in [-0.39, 0.29) is 29.6 Å². The minimum atomic E-state index is 0. The van der Waals surface area contributed by atoms with Gasteiger partial charge in [0.1, 0.15) is 5.75 Å². The quantitative estimate of drug-likeness (QED) is 0.701. The SMILES string of the molecule is Oc1ccc(-c2ccsc2)cc1.[NaH]. The topological polar surface area (TPSA) is 20.2 Å². The Bertz CT molecular complexity index is 353. The average molecular weight is 200 g/mol. The normalized spacial score (nSPS) is 9.23. The molecule has 1 aromatic heterocycles. The standard InChI is InChI=1S/C10H8OS.Na.H/c11-10-3-1-8(2-4-10)9-5-6-12-7-9;;/h1-7,11H;;. The molecule has 2 aromatic rings. The van der Waals surface area contributed by atoms with Crippen LogP contribution in [-0.2, 0) is 0 Å². The van der Waals surface area contributed by atoms with E-state index in [1.807, 2.05) is 17.5 Å². The second-order valence-electron chi connectivity index (χ2n) is 2.56. The number of phenolic OH excluding ortho intramolecular Hbond substituents is 1. The van der Waals surface area contributed by atoms with Crippen LogP contribution < -0.4 is 0 Å². The third kappa shape index (κ3) is 2.58. The molecule has 0 saturated carbocycles. The molecule has 1 N–H and O–H groups in total. The van der Waals surface area contributed by atoms with Crippen LogP contribution in [0.25, 0.3) is 11.1 Å². The maximum absolute atomic E-state index is 9.06. The summed E-state index contributed by atoms with van der Waals surface area (Å²) in [5, 5.41) is 13.2. The molecular weight excluding hydrogens is 191 g/mol.